The molecule has 2 nitrogen and oxygen atoms in total. The number of nitrogens with zero attached hydrogens (tertiary/aromatic N) is 1. The molecule has 0 aromatic heterocycles. The molecule has 0 spiro atoms. The average molecular weight is 273 g/mol. The summed E-state index contributed by atoms with van der Waals surface area (Å²) in [5, 5.41) is 8.97. The molecule has 4 heteroatoms. The van der Waals surface area contributed by atoms with Crippen LogP contribution in [0.15, 0.2) is 36.4 Å². The zero-order valence-electron chi connectivity index (χ0n) is 11.2. The number of rotatable bonds is 3. The van der Waals surface area contributed by atoms with Crippen LogP contribution in [0.3, 0.4) is 0 Å². The lowest BCUT2D eigenvalue weighted by Gasteiger charge is -2.13. The van der Waals surface area contributed by atoms with Crippen LogP contribution in [0.2, 0.25) is 0 Å². The van der Waals surface area contributed by atoms with Crippen molar-refractivity contribution >= 4 is 0 Å². The SMILES string of the molecule is COc1ccc(C(F)F)cc1-c1cc(C#N)ccc1C. The van der Waals surface area contributed by atoms with E-state index in [1.165, 1.54) is 25.3 Å². The lowest BCUT2D eigenvalue weighted by Crippen LogP contribution is -1.94. The number of hydrogen-bond donors (Lipinski definition) is 0. The minimum atomic E-state index is -2.54. The average Bonchev–Trinajstić information content (AvgIpc) is 2.47. The molecule has 0 aliphatic heterocycles. The number of halogens is 2. The molecule has 0 aliphatic rings. The second-order valence-corrected chi connectivity index (χ2v) is 4.40. The number of aryl methyl sites for hydroxylation is 1. The molecule has 0 unspecified atom stereocenters. The van der Waals surface area contributed by atoms with Gasteiger partial charge < -0.3 is 4.74 Å². The summed E-state index contributed by atoms with van der Waals surface area (Å²) in [4.78, 5) is 0. The molecule has 0 heterocycles. The van der Waals surface area contributed by atoms with Gasteiger partial charge in [0.1, 0.15) is 5.75 Å². The zero-order valence-corrected chi connectivity index (χ0v) is 11.2. The lowest BCUT2D eigenvalue weighted by atomic mass is 9.96. The molecule has 102 valence electrons. The van der Waals surface area contributed by atoms with E-state index in [1.54, 1.807) is 18.2 Å². The van der Waals surface area contributed by atoms with Crippen LogP contribution in [0.4, 0.5) is 8.78 Å². The van der Waals surface area contributed by atoms with E-state index in [-0.39, 0.29) is 5.56 Å². The highest BCUT2D eigenvalue weighted by Crippen LogP contribution is 2.35. The van der Waals surface area contributed by atoms with Crippen LogP contribution in [-0.2, 0) is 0 Å². The van der Waals surface area contributed by atoms with Crippen molar-refractivity contribution in [1.82, 2.24) is 0 Å². The van der Waals surface area contributed by atoms with Crippen LogP contribution < -0.4 is 4.74 Å². The molecule has 0 radical (unpaired) electrons. The molecule has 0 bridgehead atoms. The predicted octanol–water partition coefficient (Wildman–Crippen LogP) is 4.48. The van der Waals surface area contributed by atoms with Gasteiger partial charge in [0, 0.05) is 11.1 Å². The highest BCUT2D eigenvalue weighted by molar-refractivity contribution is 5.75. The van der Waals surface area contributed by atoms with Crippen LogP contribution in [0.25, 0.3) is 11.1 Å². The second kappa shape index (κ2) is 5.70. The van der Waals surface area contributed by atoms with Crippen LogP contribution in [0, 0.1) is 18.3 Å². The van der Waals surface area contributed by atoms with E-state index in [0.29, 0.717) is 16.9 Å². The molecule has 0 N–H and O–H groups in total. The first kappa shape index (κ1) is 14.0. The summed E-state index contributed by atoms with van der Waals surface area (Å²) in [6.07, 6.45) is -2.54. The Hall–Kier alpha value is -2.41. The first-order chi connectivity index (χ1) is 9.56. The molecule has 0 saturated carbocycles. The summed E-state index contributed by atoms with van der Waals surface area (Å²) in [5.41, 5.74) is 2.61. The van der Waals surface area contributed by atoms with E-state index in [9.17, 15) is 8.78 Å². The van der Waals surface area contributed by atoms with Gasteiger partial charge in [-0.15, -0.1) is 0 Å². The van der Waals surface area contributed by atoms with Crippen molar-refractivity contribution in [1.29, 1.82) is 5.26 Å². The maximum atomic E-state index is 12.9. The molecular weight excluding hydrogens is 260 g/mol. The van der Waals surface area contributed by atoms with Gasteiger partial charge in [-0.05, 0) is 48.4 Å². The van der Waals surface area contributed by atoms with Gasteiger partial charge in [-0.3, -0.25) is 0 Å². The lowest BCUT2D eigenvalue weighted by molar-refractivity contribution is 0.151. The molecule has 0 amide bonds. The summed E-state index contributed by atoms with van der Waals surface area (Å²) in [7, 11) is 1.49. The number of ether oxygens (including phenoxy) is 1. The molecular formula is C16H13F2NO. The Bertz CT molecular complexity index is 675. The van der Waals surface area contributed by atoms with Crippen LogP contribution in [-0.4, -0.2) is 7.11 Å². The summed E-state index contributed by atoms with van der Waals surface area (Å²) >= 11 is 0. The van der Waals surface area contributed by atoms with E-state index in [0.717, 1.165) is 11.1 Å². The number of benzene rings is 2. The molecule has 0 aliphatic carbocycles. The largest absolute Gasteiger partial charge is 0.496 e. The van der Waals surface area contributed by atoms with Gasteiger partial charge in [0.2, 0.25) is 0 Å². The van der Waals surface area contributed by atoms with Crippen LogP contribution >= 0.6 is 0 Å². The van der Waals surface area contributed by atoms with Gasteiger partial charge in [0.05, 0.1) is 18.7 Å². The van der Waals surface area contributed by atoms with Crippen molar-refractivity contribution in [3.8, 4) is 22.9 Å². The van der Waals surface area contributed by atoms with Gasteiger partial charge in [-0.1, -0.05) is 6.07 Å². The third-order valence-electron chi connectivity index (χ3n) is 3.13. The maximum Gasteiger partial charge on any atom is 0.263 e. The summed E-state index contributed by atoms with van der Waals surface area (Å²) in [6, 6.07) is 11.5. The van der Waals surface area contributed by atoms with Crippen molar-refractivity contribution in [3.05, 3.63) is 53.1 Å². The van der Waals surface area contributed by atoms with E-state index in [2.05, 4.69) is 6.07 Å². The standard InChI is InChI=1S/C16H13F2NO/c1-10-3-4-11(9-19)7-13(10)14-8-12(16(17)18)5-6-15(14)20-2/h3-8,16H,1-2H3. The number of alkyl halides is 2. The van der Waals surface area contributed by atoms with Crippen molar-refractivity contribution in [2.45, 2.75) is 13.3 Å². The van der Waals surface area contributed by atoms with Crippen molar-refractivity contribution in [2.75, 3.05) is 7.11 Å². The van der Waals surface area contributed by atoms with Crippen molar-refractivity contribution in [3.63, 3.8) is 0 Å². The van der Waals surface area contributed by atoms with Crippen molar-refractivity contribution in [2.24, 2.45) is 0 Å². The Kier molecular flexibility index (Phi) is 3.99. The number of methoxy groups -OCH3 is 1. The fraction of sp³-hybridized carbons (Fsp3) is 0.188. The quantitative estimate of drug-likeness (QED) is 0.826. The van der Waals surface area contributed by atoms with Crippen LogP contribution in [0.1, 0.15) is 23.1 Å². The van der Waals surface area contributed by atoms with Gasteiger partial charge in [0.25, 0.3) is 6.43 Å². The highest BCUT2D eigenvalue weighted by Gasteiger charge is 2.14. The summed E-state index contributed by atoms with van der Waals surface area (Å²) in [6.45, 7) is 1.87. The maximum absolute atomic E-state index is 12.9. The fourth-order valence-electron chi connectivity index (χ4n) is 2.05. The Morgan fingerprint density at radius 3 is 2.45 bits per heavy atom. The Morgan fingerprint density at radius 1 is 1.10 bits per heavy atom. The molecule has 2 rings (SSSR count). The third-order valence-corrected chi connectivity index (χ3v) is 3.13. The van der Waals surface area contributed by atoms with Gasteiger partial charge in [-0.2, -0.15) is 5.26 Å². The summed E-state index contributed by atoms with van der Waals surface area (Å²) < 4.78 is 30.9. The Balaban J connectivity index is 2.67. The smallest absolute Gasteiger partial charge is 0.263 e. The van der Waals surface area contributed by atoms with Crippen molar-refractivity contribution < 1.29 is 13.5 Å². The second-order valence-electron chi connectivity index (χ2n) is 4.40. The number of hydrogen-bond acceptors (Lipinski definition) is 2. The highest BCUT2D eigenvalue weighted by atomic mass is 19.3. The molecule has 0 atom stereocenters. The minimum absolute atomic E-state index is 0.0671. The first-order valence-electron chi connectivity index (χ1n) is 6.04. The van der Waals surface area contributed by atoms with E-state index >= 15 is 0 Å². The zero-order chi connectivity index (χ0) is 14.7. The van der Waals surface area contributed by atoms with Gasteiger partial charge in [0.15, 0.2) is 0 Å². The monoisotopic (exact) mass is 273 g/mol. The topological polar surface area (TPSA) is 33.0 Å². The van der Waals surface area contributed by atoms with Crippen LogP contribution in [0.5, 0.6) is 5.75 Å². The van der Waals surface area contributed by atoms with E-state index in [1.807, 2.05) is 6.92 Å². The van der Waals surface area contributed by atoms with Gasteiger partial charge >= 0.3 is 0 Å². The molecule has 0 fully saturated rings. The molecule has 0 saturated heterocycles. The van der Waals surface area contributed by atoms with E-state index < -0.39 is 6.43 Å². The minimum Gasteiger partial charge on any atom is -0.496 e. The van der Waals surface area contributed by atoms with E-state index in [4.69, 9.17) is 10.00 Å². The first-order valence-corrected chi connectivity index (χ1v) is 6.04. The summed E-state index contributed by atoms with van der Waals surface area (Å²) in [5.74, 6) is 0.507. The fourth-order valence-corrected chi connectivity index (χ4v) is 2.05. The molecule has 2 aromatic carbocycles. The number of nitriles is 1. The third kappa shape index (κ3) is 2.62. The Morgan fingerprint density at radius 2 is 1.85 bits per heavy atom. The normalized spacial score (nSPS) is 10.4. The molecule has 2 aromatic rings. The molecule has 20 heavy (non-hydrogen) atoms. The van der Waals surface area contributed by atoms with Gasteiger partial charge in [-0.25, -0.2) is 8.78 Å². The Labute approximate surface area is 116 Å². The predicted molar refractivity (Wildman–Crippen MR) is 72.8 cm³/mol.